The Labute approximate surface area is 227 Å². The average molecular weight is 569 g/mol. The minimum Gasteiger partial charge on any atom is -0.482 e. The summed E-state index contributed by atoms with van der Waals surface area (Å²) in [6.45, 7) is 6.14. The molecular formula is C28H35F3N2O5S. The summed E-state index contributed by atoms with van der Waals surface area (Å²) in [5.41, 5.74) is 0.107. The first-order chi connectivity index (χ1) is 18.2. The molecule has 2 aliphatic rings. The zero-order chi connectivity index (χ0) is 28.6. The lowest BCUT2D eigenvalue weighted by Crippen LogP contribution is -2.34. The number of nitrogens with zero attached hydrogens (tertiary/aromatic N) is 2. The number of hydrogen-bond donors (Lipinski definition) is 0. The molecule has 2 aromatic rings. The lowest BCUT2D eigenvalue weighted by atomic mass is 9.87. The van der Waals surface area contributed by atoms with Crippen molar-refractivity contribution in [1.29, 1.82) is 0 Å². The molecule has 0 saturated carbocycles. The third kappa shape index (κ3) is 6.69. The highest BCUT2D eigenvalue weighted by Crippen LogP contribution is 2.41. The molecule has 1 heterocycles. The second-order valence-electron chi connectivity index (χ2n) is 11.0. The molecular weight excluding hydrogens is 533 g/mol. The summed E-state index contributed by atoms with van der Waals surface area (Å²) in [5.74, 6) is -0.0604. The Hall–Kier alpha value is -2.79. The van der Waals surface area contributed by atoms with Gasteiger partial charge in [-0.05, 0) is 88.3 Å². The van der Waals surface area contributed by atoms with Gasteiger partial charge in [-0.25, -0.2) is 13.2 Å². The van der Waals surface area contributed by atoms with Crippen molar-refractivity contribution in [3.63, 3.8) is 0 Å². The maximum atomic E-state index is 13.8. The van der Waals surface area contributed by atoms with Gasteiger partial charge in [-0.2, -0.15) is 17.5 Å². The van der Waals surface area contributed by atoms with E-state index in [0.717, 1.165) is 34.8 Å². The van der Waals surface area contributed by atoms with E-state index in [1.807, 2.05) is 0 Å². The Kier molecular flexibility index (Phi) is 8.23. The van der Waals surface area contributed by atoms with Crippen LogP contribution in [0, 0.1) is 0 Å². The maximum absolute atomic E-state index is 13.8. The second kappa shape index (κ2) is 11.0. The van der Waals surface area contributed by atoms with Gasteiger partial charge in [-0.3, -0.25) is 0 Å². The molecule has 1 atom stereocenters. The van der Waals surface area contributed by atoms with E-state index in [1.54, 1.807) is 43.9 Å². The van der Waals surface area contributed by atoms with Gasteiger partial charge >= 0.3 is 12.1 Å². The molecule has 0 amide bonds. The molecule has 0 aromatic heterocycles. The fraction of sp³-hybridized carbons (Fsp3) is 0.536. The van der Waals surface area contributed by atoms with Crippen molar-refractivity contribution in [1.82, 2.24) is 4.31 Å². The number of rotatable bonds is 7. The van der Waals surface area contributed by atoms with Crippen LogP contribution in [0.3, 0.4) is 0 Å². The predicted octanol–water partition coefficient (Wildman–Crippen LogP) is 5.72. The van der Waals surface area contributed by atoms with E-state index in [9.17, 15) is 26.4 Å². The van der Waals surface area contributed by atoms with Crippen molar-refractivity contribution in [3.05, 3.63) is 53.1 Å². The number of ether oxygens (including phenoxy) is 2. The minimum atomic E-state index is -4.68. The number of esters is 1. The van der Waals surface area contributed by atoms with E-state index in [-0.39, 0.29) is 17.2 Å². The molecule has 1 unspecified atom stereocenters. The molecule has 4 rings (SSSR count). The van der Waals surface area contributed by atoms with Crippen LogP contribution in [0.15, 0.2) is 41.3 Å². The van der Waals surface area contributed by atoms with E-state index in [4.69, 9.17) is 9.47 Å². The number of fused-ring (bicyclic) bond motifs is 1. The van der Waals surface area contributed by atoms with Gasteiger partial charge in [0.25, 0.3) is 0 Å². The van der Waals surface area contributed by atoms with Crippen LogP contribution in [-0.2, 0) is 32.2 Å². The van der Waals surface area contributed by atoms with E-state index >= 15 is 0 Å². The molecule has 0 spiro atoms. The summed E-state index contributed by atoms with van der Waals surface area (Å²) in [6.07, 6.45) is -1.24. The van der Waals surface area contributed by atoms with Crippen LogP contribution in [0.5, 0.6) is 5.75 Å². The van der Waals surface area contributed by atoms with Crippen LogP contribution in [0.25, 0.3) is 0 Å². The van der Waals surface area contributed by atoms with Crippen LogP contribution in [-0.4, -0.2) is 51.0 Å². The highest BCUT2D eigenvalue weighted by Gasteiger charge is 2.37. The number of carbonyl (C=O) groups excluding carboxylic acids is 1. The molecule has 1 aliphatic heterocycles. The number of benzene rings is 2. The molecule has 1 aliphatic carbocycles. The largest absolute Gasteiger partial charge is 0.482 e. The van der Waals surface area contributed by atoms with E-state index in [0.29, 0.717) is 43.7 Å². The second-order valence-corrected chi connectivity index (χ2v) is 13.0. The Morgan fingerprint density at radius 1 is 1.08 bits per heavy atom. The van der Waals surface area contributed by atoms with Crippen molar-refractivity contribution in [2.45, 2.75) is 75.6 Å². The quantitative estimate of drug-likeness (QED) is 0.398. The number of sulfonamides is 1. The van der Waals surface area contributed by atoms with Crippen molar-refractivity contribution < 1.29 is 35.9 Å². The fourth-order valence-electron chi connectivity index (χ4n) is 5.20. The SMILES string of the molecule is CN(C1CCCc2c(OCC(=O)OC(C)(C)C)cccc21)S(=O)(=O)c1cc(N2CCCC2)cc(C(F)(F)F)c1. The number of anilines is 1. The molecule has 39 heavy (non-hydrogen) atoms. The zero-order valence-electron chi connectivity index (χ0n) is 22.7. The minimum absolute atomic E-state index is 0.260. The van der Waals surface area contributed by atoms with Gasteiger partial charge in [-0.1, -0.05) is 12.1 Å². The molecule has 0 bridgehead atoms. The number of hydrogen-bond acceptors (Lipinski definition) is 6. The van der Waals surface area contributed by atoms with Gasteiger partial charge in [-0.15, -0.1) is 0 Å². The topological polar surface area (TPSA) is 76.1 Å². The lowest BCUT2D eigenvalue weighted by molar-refractivity contribution is -0.157. The normalized spacial score (nSPS) is 18.3. The predicted molar refractivity (Wildman–Crippen MR) is 141 cm³/mol. The highest BCUT2D eigenvalue weighted by molar-refractivity contribution is 7.89. The van der Waals surface area contributed by atoms with Gasteiger partial charge in [0, 0.05) is 25.8 Å². The van der Waals surface area contributed by atoms with Gasteiger partial charge < -0.3 is 14.4 Å². The number of alkyl halides is 3. The van der Waals surface area contributed by atoms with Crippen molar-refractivity contribution in [2.75, 3.05) is 31.6 Å². The first kappa shape index (κ1) is 29.2. The molecule has 0 N–H and O–H groups in total. The summed E-state index contributed by atoms with van der Waals surface area (Å²) in [7, 11) is -2.88. The summed E-state index contributed by atoms with van der Waals surface area (Å²) < 4.78 is 81.1. The third-order valence-electron chi connectivity index (χ3n) is 7.00. The Bertz CT molecular complexity index is 1320. The highest BCUT2D eigenvalue weighted by atomic mass is 32.2. The summed E-state index contributed by atoms with van der Waals surface area (Å²) >= 11 is 0. The first-order valence-electron chi connectivity index (χ1n) is 13.1. The summed E-state index contributed by atoms with van der Waals surface area (Å²) in [5, 5.41) is 0. The molecule has 7 nitrogen and oxygen atoms in total. The van der Waals surface area contributed by atoms with Crippen molar-refractivity contribution in [2.24, 2.45) is 0 Å². The molecule has 1 fully saturated rings. The van der Waals surface area contributed by atoms with Crippen LogP contribution in [0.4, 0.5) is 18.9 Å². The van der Waals surface area contributed by atoms with Crippen molar-refractivity contribution >= 4 is 21.7 Å². The first-order valence-corrected chi connectivity index (χ1v) is 14.5. The van der Waals surface area contributed by atoms with Crippen LogP contribution in [0.2, 0.25) is 0 Å². The maximum Gasteiger partial charge on any atom is 0.416 e. The zero-order valence-corrected chi connectivity index (χ0v) is 23.5. The smallest absolute Gasteiger partial charge is 0.416 e. The van der Waals surface area contributed by atoms with Gasteiger partial charge in [0.2, 0.25) is 10.0 Å². The molecule has 214 valence electrons. The lowest BCUT2D eigenvalue weighted by Gasteiger charge is -2.33. The Morgan fingerprint density at radius 3 is 2.41 bits per heavy atom. The molecule has 1 saturated heterocycles. The number of carbonyl (C=O) groups is 1. The average Bonchev–Trinajstić information content (AvgIpc) is 3.40. The van der Waals surface area contributed by atoms with Crippen LogP contribution < -0.4 is 9.64 Å². The molecule has 0 radical (unpaired) electrons. The molecule has 2 aromatic carbocycles. The summed E-state index contributed by atoms with van der Waals surface area (Å²) in [6, 6.07) is 7.72. The van der Waals surface area contributed by atoms with E-state index in [2.05, 4.69) is 0 Å². The van der Waals surface area contributed by atoms with Crippen LogP contribution in [0.1, 0.15) is 69.2 Å². The third-order valence-corrected chi connectivity index (χ3v) is 8.85. The molecule has 11 heteroatoms. The fourth-order valence-corrected chi connectivity index (χ4v) is 6.63. The van der Waals surface area contributed by atoms with Gasteiger partial charge in [0.15, 0.2) is 6.61 Å². The summed E-state index contributed by atoms with van der Waals surface area (Å²) in [4.78, 5) is 13.6. The van der Waals surface area contributed by atoms with E-state index in [1.165, 1.54) is 13.1 Å². The Morgan fingerprint density at radius 2 is 1.77 bits per heavy atom. The monoisotopic (exact) mass is 568 g/mol. The van der Waals surface area contributed by atoms with Gasteiger partial charge in [0.05, 0.1) is 16.5 Å². The van der Waals surface area contributed by atoms with E-state index < -0.39 is 39.4 Å². The standard InChI is InChI=1S/C28H35F3N2O5S/c1-27(2,3)38-26(34)18-37-25-12-8-9-22-23(25)10-7-11-24(22)32(4)39(35,36)21-16-19(28(29,30)31)15-20(17-21)33-13-5-6-14-33/h8-9,12,15-17,24H,5-7,10-11,13-14,18H2,1-4H3. The Balaban J connectivity index is 1.64. The van der Waals surface area contributed by atoms with Gasteiger partial charge in [0.1, 0.15) is 11.4 Å². The van der Waals surface area contributed by atoms with Crippen molar-refractivity contribution in [3.8, 4) is 5.75 Å². The number of halogens is 3. The van der Waals surface area contributed by atoms with Crippen LogP contribution >= 0.6 is 0 Å².